The summed E-state index contributed by atoms with van der Waals surface area (Å²) in [6, 6.07) is 11.6. The molecule has 27 heavy (non-hydrogen) atoms. The van der Waals surface area contributed by atoms with E-state index >= 15 is 0 Å². The molecule has 140 valence electrons. The predicted molar refractivity (Wildman–Crippen MR) is 105 cm³/mol. The lowest BCUT2D eigenvalue weighted by atomic mass is 9.73. The van der Waals surface area contributed by atoms with E-state index in [4.69, 9.17) is 16.3 Å². The molecule has 2 amide bonds. The zero-order valence-electron chi connectivity index (χ0n) is 15.2. The van der Waals surface area contributed by atoms with Gasteiger partial charge in [-0.05, 0) is 31.2 Å². The standard InChI is InChI=1S/C20H21ClN4O2/c1-14-3-2-4-18(22-14)23-10-20(11-23)12-24(13-20)19(26)25-7-8-27-17-9-15(21)5-6-16(17)25/h2-6,9H,7-8,10-13H2,1H3. The van der Waals surface area contributed by atoms with Crippen LogP contribution in [0.4, 0.5) is 16.3 Å². The highest BCUT2D eigenvalue weighted by atomic mass is 35.5. The van der Waals surface area contributed by atoms with Crippen LogP contribution in [0.1, 0.15) is 5.69 Å². The highest BCUT2D eigenvalue weighted by Crippen LogP contribution is 2.43. The van der Waals surface area contributed by atoms with Gasteiger partial charge in [0.15, 0.2) is 0 Å². The van der Waals surface area contributed by atoms with Crippen molar-refractivity contribution in [2.75, 3.05) is 49.1 Å². The van der Waals surface area contributed by atoms with Crippen molar-refractivity contribution in [3.63, 3.8) is 0 Å². The lowest BCUT2D eigenvalue weighted by molar-refractivity contribution is 0.00928. The number of rotatable bonds is 1. The van der Waals surface area contributed by atoms with Gasteiger partial charge in [-0.2, -0.15) is 0 Å². The van der Waals surface area contributed by atoms with Gasteiger partial charge in [0, 0.05) is 48.4 Å². The Morgan fingerprint density at radius 2 is 2.00 bits per heavy atom. The average molecular weight is 385 g/mol. The van der Waals surface area contributed by atoms with Crippen LogP contribution in [-0.4, -0.2) is 55.2 Å². The van der Waals surface area contributed by atoms with E-state index in [1.807, 2.05) is 30.0 Å². The highest BCUT2D eigenvalue weighted by Gasteiger charge is 2.54. The summed E-state index contributed by atoms with van der Waals surface area (Å²) < 4.78 is 5.65. The molecule has 0 N–H and O–H groups in total. The number of urea groups is 1. The van der Waals surface area contributed by atoms with E-state index in [1.165, 1.54) is 0 Å². The van der Waals surface area contributed by atoms with E-state index in [-0.39, 0.29) is 11.4 Å². The van der Waals surface area contributed by atoms with Gasteiger partial charge < -0.3 is 14.5 Å². The lowest BCUT2D eigenvalue weighted by Crippen LogP contribution is -2.74. The van der Waals surface area contributed by atoms with Crippen molar-refractivity contribution in [3.8, 4) is 5.75 Å². The number of ether oxygens (including phenoxy) is 1. The van der Waals surface area contributed by atoms with Crippen LogP contribution in [0.3, 0.4) is 0 Å². The Morgan fingerprint density at radius 1 is 1.19 bits per heavy atom. The number of hydrogen-bond acceptors (Lipinski definition) is 4. The number of carbonyl (C=O) groups is 1. The van der Waals surface area contributed by atoms with E-state index in [1.54, 1.807) is 17.0 Å². The largest absolute Gasteiger partial charge is 0.489 e. The summed E-state index contributed by atoms with van der Waals surface area (Å²) in [5.41, 5.74) is 2.05. The Morgan fingerprint density at radius 3 is 2.78 bits per heavy atom. The van der Waals surface area contributed by atoms with Gasteiger partial charge in [-0.1, -0.05) is 17.7 Å². The van der Waals surface area contributed by atoms with Crippen LogP contribution >= 0.6 is 11.6 Å². The number of hydrogen-bond donors (Lipinski definition) is 0. The fraction of sp³-hybridized carbons (Fsp3) is 0.400. The van der Waals surface area contributed by atoms with Crippen molar-refractivity contribution in [3.05, 3.63) is 47.1 Å². The fourth-order valence-electron chi connectivity index (χ4n) is 4.29. The van der Waals surface area contributed by atoms with E-state index in [0.717, 1.165) is 43.4 Å². The van der Waals surface area contributed by atoms with Gasteiger partial charge in [-0.3, -0.25) is 4.90 Å². The van der Waals surface area contributed by atoms with Gasteiger partial charge in [-0.15, -0.1) is 0 Å². The summed E-state index contributed by atoms with van der Waals surface area (Å²) in [5.74, 6) is 1.71. The van der Waals surface area contributed by atoms with Crippen molar-refractivity contribution in [1.29, 1.82) is 0 Å². The molecule has 0 bridgehead atoms. The van der Waals surface area contributed by atoms with Crippen LogP contribution < -0.4 is 14.5 Å². The first-order valence-corrected chi connectivity index (χ1v) is 9.58. The number of halogens is 1. The molecule has 0 unspecified atom stereocenters. The minimum Gasteiger partial charge on any atom is -0.489 e. The number of aryl methyl sites for hydroxylation is 1. The van der Waals surface area contributed by atoms with Gasteiger partial charge in [0.2, 0.25) is 0 Å². The molecule has 2 aromatic rings. The number of aromatic nitrogens is 1. The van der Waals surface area contributed by atoms with Gasteiger partial charge in [0.05, 0.1) is 12.2 Å². The number of likely N-dealkylation sites (tertiary alicyclic amines) is 1. The monoisotopic (exact) mass is 384 g/mol. The predicted octanol–water partition coefficient (Wildman–Crippen LogP) is 3.18. The third kappa shape index (κ3) is 2.79. The molecule has 3 aliphatic heterocycles. The van der Waals surface area contributed by atoms with E-state index in [9.17, 15) is 4.79 Å². The molecule has 2 fully saturated rings. The summed E-state index contributed by atoms with van der Waals surface area (Å²) in [4.78, 5) is 23.6. The number of fused-ring (bicyclic) bond motifs is 1. The Kier molecular flexibility index (Phi) is 3.72. The van der Waals surface area contributed by atoms with Gasteiger partial charge in [0.1, 0.15) is 18.2 Å². The van der Waals surface area contributed by atoms with Crippen LogP contribution in [0.15, 0.2) is 36.4 Å². The van der Waals surface area contributed by atoms with Crippen molar-refractivity contribution < 1.29 is 9.53 Å². The van der Waals surface area contributed by atoms with Crippen LogP contribution in [0.2, 0.25) is 5.02 Å². The van der Waals surface area contributed by atoms with E-state index in [2.05, 4.69) is 16.0 Å². The topological polar surface area (TPSA) is 48.9 Å². The number of carbonyl (C=O) groups excluding carboxylic acids is 1. The number of pyridine rings is 1. The second-order valence-electron chi connectivity index (χ2n) is 7.74. The van der Waals surface area contributed by atoms with E-state index in [0.29, 0.717) is 23.9 Å². The molecule has 6 nitrogen and oxygen atoms in total. The summed E-state index contributed by atoms with van der Waals surface area (Å²) in [7, 11) is 0. The summed E-state index contributed by atoms with van der Waals surface area (Å²) in [5, 5.41) is 0.616. The third-order valence-corrected chi connectivity index (χ3v) is 5.82. The first-order valence-electron chi connectivity index (χ1n) is 9.20. The first kappa shape index (κ1) is 16.7. The third-order valence-electron chi connectivity index (χ3n) is 5.59. The Balaban J connectivity index is 1.23. The summed E-state index contributed by atoms with van der Waals surface area (Å²) in [6.07, 6.45) is 0. The zero-order valence-corrected chi connectivity index (χ0v) is 15.9. The number of anilines is 2. The smallest absolute Gasteiger partial charge is 0.324 e. The maximum Gasteiger partial charge on any atom is 0.324 e. The van der Waals surface area contributed by atoms with Crippen molar-refractivity contribution in [2.24, 2.45) is 5.41 Å². The van der Waals surface area contributed by atoms with Crippen LogP contribution in [-0.2, 0) is 0 Å². The fourth-order valence-corrected chi connectivity index (χ4v) is 4.45. The lowest BCUT2D eigenvalue weighted by Gasteiger charge is -2.60. The summed E-state index contributed by atoms with van der Waals surface area (Å²) in [6.45, 7) is 6.59. The zero-order chi connectivity index (χ0) is 18.6. The molecule has 0 aliphatic carbocycles. The number of benzene rings is 1. The summed E-state index contributed by atoms with van der Waals surface area (Å²) >= 11 is 6.04. The molecule has 1 aromatic heterocycles. The quantitative estimate of drug-likeness (QED) is 0.757. The SMILES string of the molecule is Cc1cccc(N2CC3(CN(C(=O)N4CCOc5cc(Cl)ccc54)C3)C2)n1. The minimum absolute atomic E-state index is 0.0552. The maximum atomic E-state index is 13.0. The second kappa shape index (κ2) is 6.02. The molecule has 0 saturated carbocycles. The van der Waals surface area contributed by atoms with Gasteiger partial charge in [0.25, 0.3) is 0 Å². The molecular formula is C20H21ClN4O2. The molecule has 5 rings (SSSR count). The molecular weight excluding hydrogens is 364 g/mol. The van der Waals surface area contributed by atoms with Gasteiger partial charge in [-0.25, -0.2) is 9.78 Å². The number of amides is 2. The van der Waals surface area contributed by atoms with Crippen molar-refractivity contribution in [1.82, 2.24) is 9.88 Å². The molecule has 3 aliphatic rings. The van der Waals surface area contributed by atoms with Crippen LogP contribution in [0.5, 0.6) is 5.75 Å². The van der Waals surface area contributed by atoms with Gasteiger partial charge >= 0.3 is 6.03 Å². The Bertz CT molecular complexity index is 905. The molecule has 1 spiro atoms. The van der Waals surface area contributed by atoms with Crippen LogP contribution in [0.25, 0.3) is 0 Å². The normalized spacial score (nSPS) is 19.9. The highest BCUT2D eigenvalue weighted by molar-refractivity contribution is 6.30. The van der Waals surface area contributed by atoms with Crippen molar-refractivity contribution in [2.45, 2.75) is 6.92 Å². The van der Waals surface area contributed by atoms with Crippen molar-refractivity contribution >= 4 is 29.1 Å². The molecule has 0 radical (unpaired) electrons. The molecule has 0 atom stereocenters. The minimum atomic E-state index is 0.0552. The number of nitrogens with zero attached hydrogens (tertiary/aromatic N) is 4. The van der Waals surface area contributed by atoms with Crippen LogP contribution in [0, 0.1) is 12.3 Å². The Labute approximate surface area is 163 Å². The molecule has 4 heterocycles. The second-order valence-corrected chi connectivity index (χ2v) is 8.18. The Hall–Kier alpha value is -2.47. The maximum absolute atomic E-state index is 13.0. The first-order chi connectivity index (χ1) is 13.0. The van der Waals surface area contributed by atoms with E-state index < -0.39 is 0 Å². The molecule has 1 aromatic carbocycles. The average Bonchev–Trinajstić information content (AvgIpc) is 2.58. The molecule has 7 heteroatoms. The molecule has 2 saturated heterocycles.